The molecule has 1 heterocycles. The molecule has 0 fully saturated rings. The van der Waals surface area contributed by atoms with Crippen LogP contribution in [-0.4, -0.2) is 10.2 Å². The Kier molecular flexibility index (Phi) is 4.22. The molecule has 0 aliphatic carbocycles. The van der Waals surface area contributed by atoms with Crippen LogP contribution in [0.15, 0.2) is 27.1 Å². The average molecular weight is 380 g/mol. The second-order valence-electron chi connectivity index (χ2n) is 3.45. The first-order valence-corrected chi connectivity index (χ1v) is 7.13. The summed E-state index contributed by atoms with van der Waals surface area (Å²) in [5.41, 5.74) is 0.843. The van der Waals surface area contributed by atoms with Crippen molar-refractivity contribution in [2.24, 2.45) is 0 Å². The van der Waals surface area contributed by atoms with Crippen LogP contribution in [-0.2, 0) is 0 Å². The van der Waals surface area contributed by atoms with E-state index in [2.05, 4.69) is 42.1 Å². The van der Waals surface area contributed by atoms with Gasteiger partial charge in [-0.1, -0.05) is 34.5 Å². The van der Waals surface area contributed by atoms with Crippen LogP contribution in [0.3, 0.4) is 0 Å². The lowest BCUT2D eigenvalue weighted by molar-refractivity contribution is 0.500. The van der Waals surface area contributed by atoms with Gasteiger partial charge in [0.2, 0.25) is 11.8 Å². The molecule has 0 bridgehead atoms. The smallest absolute Gasteiger partial charge is 0.247 e. The van der Waals surface area contributed by atoms with Crippen LogP contribution >= 0.6 is 43.5 Å². The van der Waals surface area contributed by atoms with Crippen molar-refractivity contribution < 1.29 is 4.42 Å². The van der Waals surface area contributed by atoms with Crippen LogP contribution < -0.4 is 0 Å². The standard InChI is InChI=1S/C11H9Br2ClN2O/c1-2-7(12)11-16-15-10(17-11)6-3-4-9(14)8(13)5-6/h3-5,7H,2H2,1H3. The van der Waals surface area contributed by atoms with Crippen LogP contribution in [0.2, 0.25) is 5.02 Å². The molecule has 2 aromatic rings. The number of benzene rings is 1. The summed E-state index contributed by atoms with van der Waals surface area (Å²) in [6, 6.07) is 5.49. The van der Waals surface area contributed by atoms with E-state index in [1.54, 1.807) is 6.07 Å². The zero-order valence-corrected chi connectivity index (χ0v) is 12.9. The fourth-order valence-corrected chi connectivity index (χ4v) is 1.96. The summed E-state index contributed by atoms with van der Waals surface area (Å²) in [6.45, 7) is 2.04. The fourth-order valence-electron chi connectivity index (χ4n) is 1.28. The van der Waals surface area contributed by atoms with E-state index in [0.717, 1.165) is 16.5 Å². The lowest BCUT2D eigenvalue weighted by Gasteiger charge is -1.99. The molecule has 0 N–H and O–H groups in total. The van der Waals surface area contributed by atoms with Crippen molar-refractivity contribution in [1.29, 1.82) is 0 Å². The van der Waals surface area contributed by atoms with Crippen molar-refractivity contribution >= 4 is 43.5 Å². The van der Waals surface area contributed by atoms with E-state index in [9.17, 15) is 0 Å². The lowest BCUT2D eigenvalue weighted by Crippen LogP contribution is -1.86. The van der Waals surface area contributed by atoms with Gasteiger partial charge >= 0.3 is 0 Å². The first-order chi connectivity index (χ1) is 8.11. The Morgan fingerprint density at radius 1 is 1.41 bits per heavy atom. The monoisotopic (exact) mass is 378 g/mol. The quantitative estimate of drug-likeness (QED) is 0.704. The highest BCUT2D eigenvalue weighted by Gasteiger charge is 2.15. The average Bonchev–Trinajstić information content (AvgIpc) is 2.81. The number of hydrogen-bond donors (Lipinski definition) is 0. The Hall–Kier alpha value is -0.390. The van der Waals surface area contributed by atoms with Crippen LogP contribution in [0.4, 0.5) is 0 Å². The van der Waals surface area contributed by atoms with Gasteiger partial charge in [-0.25, -0.2) is 0 Å². The summed E-state index contributed by atoms with van der Waals surface area (Å²) in [7, 11) is 0. The van der Waals surface area contributed by atoms with Crippen molar-refractivity contribution in [3.05, 3.63) is 33.6 Å². The van der Waals surface area contributed by atoms with Crippen molar-refractivity contribution in [2.75, 3.05) is 0 Å². The van der Waals surface area contributed by atoms with E-state index < -0.39 is 0 Å². The molecule has 0 saturated heterocycles. The molecule has 0 amide bonds. The molecule has 1 unspecified atom stereocenters. The van der Waals surface area contributed by atoms with Gasteiger partial charge in [-0.15, -0.1) is 10.2 Å². The van der Waals surface area contributed by atoms with E-state index in [0.29, 0.717) is 16.8 Å². The molecule has 90 valence electrons. The topological polar surface area (TPSA) is 38.9 Å². The maximum Gasteiger partial charge on any atom is 0.247 e. The predicted octanol–water partition coefficient (Wildman–Crippen LogP) is 5.00. The van der Waals surface area contributed by atoms with Crippen LogP contribution in [0, 0.1) is 0 Å². The van der Waals surface area contributed by atoms with Gasteiger partial charge in [-0.2, -0.15) is 0 Å². The minimum atomic E-state index is 0.0968. The Morgan fingerprint density at radius 2 is 2.18 bits per heavy atom. The summed E-state index contributed by atoms with van der Waals surface area (Å²) < 4.78 is 6.39. The number of hydrogen-bond acceptors (Lipinski definition) is 3. The van der Waals surface area contributed by atoms with E-state index in [1.165, 1.54) is 0 Å². The van der Waals surface area contributed by atoms with E-state index in [1.807, 2.05) is 19.1 Å². The second kappa shape index (κ2) is 5.50. The number of alkyl halides is 1. The van der Waals surface area contributed by atoms with E-state index >= 15 is 0 Å². The third-order valence-electron chi connectivity index (χ3n) is 2.23. The van der Waals surface area contributed by atoms with Gasteiger partial charge < -0.3 is 4.42 Å². The van der Waals surface area contributed by atoms with Crippen LogP contribution in [0.25, 0.3) is 11.5 Å². The minimum absolute atomic E-state index is 0.0968. The van der Waals surface area contributed by atoms with Gasteiger partial charge in [0, 0.05) is 10.0 Å². The minimum Gasteiger partial charge on any atom is -0.419 e. The molecule has 1 aromatic heterocycles. The first kappa shape index (κ1) is 13.1. The van der Waals surface area contributed by atoms with Gasteiger partial charge in [0.05, 0.1) is 9.85 Å². The van der Waals surface area contributed by atoms with E-state index in [4.69, 9.17) is 16.0 Å². The molecule has 0 radical (unpaired) electrons. The molecule has 2 rings (SSSR count). The highest BCUT2D eigenvalue weighted by Crippen LogP contribution is 2.31. The first-order valence-electron chi connectivity index (χ1n) is 5.04. The fraction of sp³-hybridized carbons (Fsp3) is 0.273. The molecular weight excluding hydrogens is 371 g/mol. The summed E-state index contributed by atoms with van der Waals surface area (Å²) in [5.74, 6) is 1.09. The number of halogens is 3. The molecular formula is C11H9Br2ClN2O. The number of nitrogens with zero attached hydrogens (tertiary/aromatic N) is 2. The van der Waals surface area contributed by atoms with Gasteiger partial charge in [0.15, 0.2) is 0 Å². The van der Waals surface area contributed by atoms with Gasteiger partial charge in [0.25, 0.3) is 0 Å². The summed E-state index contributed by atoms with van der Waals surface area (Å²) >= 11 is 12.8. The molecule has 0 spiro atoms. The van der Waals surface area contributed by atoms with Crippen molar-refractivity contribution in [3.63, 3.8) is 0 Å². The maximum absolute atomic E-state index is 5.93. The molecule has 6 heteroatoms. The normalized spacial score (nSPS) is 12.7. The van der Waals surface area contributed by atoms with E-state index in [-0.39, 0.29) is 4.83 Å². The Bertz CT molecular complexity index is 530. The Morgan fingerprint density at radius 3 is 2.82 bits per heavy atom. The Labute approximate surface area is 121 Å². The Balaban J connectivity index is 2.33. The predicted molar refractivity (Wildman–Crippen MR) is 74.4 cm³/mol. The molecule has 0 aliphatic rings. The number of aromatic nitrogens is 2. The molecule has 0 aliphatic heterocycles. The van der Waals surface area contributed by atoms with Crippen molar-refractivity contribution in [3.8, 4) is 11.5 Å². The molecule has 0 saturated carbocycles. The van der Waals surface area contributed by atoms with Crippen LogP contribution in [0.1, 0.15) is 24.1 Å². The summed E-state index contributed by atoms with van der Waals surface area (Å²) in [5, 5.41) is 8.67. The zero-order valence-electron chi connectivity index (χ0n) is 8.95. The highest BCUT2D eigenvalue weighted by molar-refractivity contribution is 9.10. The third kappa shape index (κ3) is 2.89. The molecule has 3 nitrogen and oxygen atoms in total. The summed E-state index contributed by atoms with van der Waals surface area (Å²) in [6.07, 6.45) is 0.895. The molecule has 1 aromatic carbocycles. The van der Waals surface area contributed by atoms with Crippen molar-refractivity contribution in [1.82, 2.24) is 10.2 Å². The number of rotatable bonds is 3. The highest BCUT2D eigenvalue weighted by atomic mass is 79.9. The second-order valence-corrected chi connectivity index (χ2v) is 5.82. The van der Waals surface area contributed by atoms with Crippen LogP contribution in [0.5, 0.6) is 0 Å². The van der Waals surface area contributed by atoms with Gasteiger partial charge in [0.1, 0.15) is 0 Å². The lowest BCUT2D eigenvalue weighted by atomic mass is 10.2. The third-order valence-corrected chi connectivity index (χ3v) is 4.49. The SMILES string of the molecule is CCC(Br)c1nnc(-c2ccc(Cl)c(Br)c2)o1. The van der Waals surface area contributed by atoms with Gasteiger partial charge in [-0.05, 0) is 40.5 Å². The largest absolute Gasteiger partial charge is 0.419 e. The molecule has 17 heavy (non-hydrogen) atoms. The van der Waals surface area contributed by atoms with Crippen molar-refractivity contribution in [2.45, 2.75) is 18.2 Å². The maximum atomic E-state index is 5.93. The molecule has 1 atom stereocenters. The summed E-state index contributed by atoms with van der Waals surface area (Å²) in [4.78, 5) is 0.0968. The zero-order chi connectivity index (χ0) is 12.4. The van der Waals surface area contributed by atoms with Gasteiger partial charge in [-0.3, -0.25) is 0 Å².